The molecule has 2 aromatic rings. The zero-order valence-electron chi connectivity index (χ0n) is 8.72. The summed E-state index contributed by atoms with van der Waals surface area (Å²) in [5, 5.41) is 14.4. The normalized spacial score (nSPS) is 15.4. The van der Waals surface area contributed by atoms with E-state index < -0.39 is 5.54 Å². The fraction of sp³-hybridized carbons (Fsp3) is 0.364. The lowest BCUT2D eigenvalue weighted by atomic mass is 10.1. The first-order chi connectivity index (χ1) is 7.12. The monoisotopic (exact) mass is 205 g/mol. The summed E-state index contributed by atoms with van der Waals surface area (Å²) in [5.74, 6) is 0. The van der Waals surface area contributed by atoms with Crippen LogP contribution in [0.2, 0.25) is 0 Å². The van der Waals surface area contributed by atoms with Crippen LogP contribution in [0.25, 0.3) is 10.9 Å². The molecule has 1 aromatic carbocycles. The summed E-state index contributed by atoms with van der Waals surface area (Å²) < 4.78 is 1.82. The van der Waals surface area contributed by atoms with Gasteiger partial charge in [0.2, 0.25) is 0 Å². The van der Waals surface area contributed by atoms with Gasteiger partial charge in [0.1, 0.15) is 0 Å². The maximum atomic E-state index is 9.10. The van der Waals surface area contributed by atoms with Gasteiger partial charge >= 0.3 is 0 Å². The number of hydrogen-bond acceptors (Lipinski definition) is 3. The maximum Gasteiger partial charge on any atom is 0.0683 e. The first-order valence-corrected chi connectivity index (χ1v) is 4.93. The molecule has 0 aliphatic rings. The Kier molecular flexibility index (Phi) is 2.46. The summed E-state index contributed by atoms with van der Waals surface area (Å²) in [6, 6.07) is 7.94. The molecule has 0 fully saturated rings. The van der Waals surface area contributed by atoms with Crippen molar-refractivity contribution in [1.29, 1.82) is 0 Å². The lowest BCUT2D eigenvalue weighted by Gasteiger charge is -2.21. The van der Waals surface area contributed by atoms with Crippen molar-refractivity contribution in [2.75, 3.05) is 6.61 Å². The highest BCUT2D eigenvalue weighted by atomic mass is 16.3. The van der Waals surface area contributed by atoms with Crippen LogP contribution < -0.4 is 5.73 Å². The van der Waals surface area contributed by atoms with E-state index in [-0.39, 0.29) is 6.61 Å². The summed E-state index contributed by atoms with van der Waals surface area (Å²) in [7, 11) is 0. The molecule has 0 radical (unpaired) electrons. The molecule has 0 saturated carbocycles. The molecule has 3 N–H and O–H groups in total. The lowest BCUT2D eigenvalue weighted by Crippen LogP contribution is -2.44. The van der Waals surface area contributed by atoms with Crippen LogP contribution in [-0.4, -0.2) is 27.0 Å². The Balaban J connectivity index is 2.37. The van der Waals surface area contributed by atoms with Gasteiger partial charge in [-0.1, -0.05) is 18.2 Å². The van der Waals surface area contributed by atoms with Crippen LogP contribution in [0.1, 0.15) is 6.92 Å². The van der Waals surface area contributed by atoms with E-state index in [4.69, 9.17) is 10.8 Å². The highest BCUT2D eigenvalue weighted by Crippen LogP contribution is 2.14. The number of rotatable bonds is 3. The number of hydrogen-bond donors (Lipinski definition) is 2. The summed E-state index contributed by atoms with van der Waals surface area (Å²) in [6.45, 7) is 2.27. The number of aliphatic hydroxyl groups excluding tert-OH is 1. The topological polar surface area (TPSA) is 64.1 Å². The predicted octanol–water partition coefficient (Wildman–Crippen LogP) is 0.746. The highest BCUT2D eigenvalue weighted by molar-refractivity contribution is 5.78. The molecule has 0 amide bonds. The van der Waals surface area contributed by atoms with Crippen LogP contribution >= 0.6 is 0 Å². The number of nitrogens with two attached hydrogens (primary N) is 1. The fourth-order valence-electron chi connectivity index (χ4n) is 1.54. The van der Waals surface area contributed by atoms with Crippen molar-refractivity contribution in [2.24, 2.45) is 5.73 Å². The van der Waals surface area contributed by atoms with Crippen molar-refractivity contribution in [3.63, 3.8) is 0 Å². The van der Waals surface area contributed by atoms with E-state index in [1.54, 1.807) is 0 Å². The molecule has 0 spiro atoms. The molecule has 4 nitrogen and oxygen atoms in total. The first-order valence-electron chi connectivity index (χ1n) is 4.93. The van der Waals surface area contributed by atoms with Crippen molar-refractivity contribution >= 4 is 10.9 Å². The summed E-state index contributed by atoms with van der Waals surface area (Å²) in [6.07, 6.45) is 1.81. The quantitative estimate of drug-likeness (QED) is 0.777. The van der Waals surface area contributed by atoms with Crippen LogP contribution in [0, 0.1) is 0 Å². The van der Waals surface area contributed by atoms with Crippen LogP contribution in [0.4, 0.5) is 0 Å². The number of para-hydroxylation sites is 1. The van der Waals surface area contributed by atoms with Gasteiger partial charge in [0.25, 0.3) is 0 Å². The third-order valence-electron chi connectivity index (χ3n) is 2.42. The molecule has 1 atom stereocenters. The zero-order valence-corrected chi connectivity index (χ0v) is 8.72. The molecule has 1 aromatic heterocycles. The Bertz CT molecular complexity index is 462. The van der Waals surface area contributed by atoms with Crippen molar-refractivity contribution < 1.29 is 5.11 Å². The summed E-state index contributed by atoms with van der Waals surface area (Å²) >= 11 is 0. The number of benzene rings is 1. The molecule has 1 heterocycles. The Morgan fingerprint density at radius 1 is 1.47 bits per heavy atom. The minimum atomic E-state index is -0.630. The largest absolute Gasteiger partial charge is 0.394 e. The number of aromatic nitrogens is 2. The molecule has 15 heavy (non-hydrogen) atoms. The average molecular weight is 205 g/mol. The molecule has 0 bridgehead atoms. The number of nitrogens with zero attached hydrogens (tertiary/aromatic N) is 2. The van der Waals surface area contributed by atoms with Crippen molar-refractivity contribution in [3.05, 3.63) is 30.5 Å². The zero-order chi connectivity index (χ0) is 10.9. The van der Waals surface area contributed by atoms with Crippen LogP contribution in [0.5, 0.6) is 0 Å². The third kappa shape index (κ3) is 2.00. The van der Waals surface area contributed by atoms with Crippen molar-refractivity contribution in [1.82, 2.24) is 9.78 Å². The van der Waals surface area contributed by atoms with E-state index in [0.717, 1.165) is 10.9 Å². The predicted molar refractivity (Wildman–Crippen MR) is 59.4 cm³/mol. The molecule has 0 aliphatic carbocycles. The average Bonchev–Trinajstić information content (AvgIpc) is 2.62. The standard InChI is InChI=1S/C11H15N3O/c1-11(12,8-15)7-14-10-5-3-2-4-9(10)6-13-14/h2-6,15H,7-8,12H2,1H3. The Morgan fingerprint density at radius 2 is 2.20 bits per heavy atom. The van der Waals surface area contributed by atoms with Crippen LogP contribution in [0.15, 0.2) is 30.5 Å². The van der Waals surface area contributed by atoms with E-state index >= 15 is 0 Å². The second-order valence-corrected chi connectivity index (χ2v) is 4.17. The van der Waals surface area contributed by atoms with E-state index in [9.17, 15) is 0 Å². The van der Waals surface area contributed by atoms with E-state index in [1.165, 1.54) is 0 Å². The van der Waals surface area contributed by atoms with E-state index in [2.05, 4.69) is 5.10 Å². The molecular weight excluding hydrogens is 190 g/mol. The second kappa shape index (κ2) is 3.64. The van der Waals surface area contributed by atoms with Gasteiger partial charge < -0.3 is 10.8 Å². The van der Waals surface area contributed by atoms with Gasteiger partial charge in [-0.25, -0.2) is 0 Å². The molecule has 80 valence electrons. The Labute approximate surface area is 88.3 Å². The van der Waals surface area contributed by atoms with E-state index in [0.29, 0.717) is 6.54 Å². The second-order valence-electron chi connectivity index (χ2n) is 4.17. The van der Waals surface area contributed by atoms with Gasteiger partial charge in [-0.15, -0.1) is 0 Å². The summed E-state index contributed by atoms with van der Waals surface area (Å²) in [5.41, 5.74) is 6.30. The van der Waals surface area contributed by atoms with Gasteiger partial charge in [-0.05, 0) is 13.0 Å². The molecule has 4 heteroatoms. The minimum absolute atomic E-state index is 0.0544. The number of fused-ring (bicyclic) bond motifs is 1. The van der Waals surface area contributed by atoms with Gasteiger partial charge in [0, 0.05) is 5.39 Å². The van der Waals surface area contributed by atoms with Gasteiger partial charge in [-0.3, -0.25) is 4.68 Å². The number of aliphatic hydroxyl groups is 1. The van der Waals surface area contributed by atoms with E-state index in [1.807, 2.05) is 42.1 Å². The fourth-order valence-corrected chi connectivity index (χ4v) is 1.54. The van der Waals surface area contributed by atoms with Crippen LogP contribution in [0.3, 0.4) is 0 Å². The maximum absolute atomic E-state index is 9.10. The molecule has 0 aliphatic heterocycles. The highest BCUT2D eigenvalue weighted by Gasteiger charge is 2.19. The van der Waals surface area contributed by atoms with Crippen molar-refractivity contribution in [2.45, 2.75) is 19.0 Å². The van der Waals surface area contributed by atoms with Gasteiger partial charge in [-0.2, -0.15) is 5.10 Å². The van der Waals surface area contributed by atoms with Gasteiger partial charge in [0.05, 0.1) is 30.4 Å². The lowest BCUT2D eigenvalue weighted by molar-refractivity contribution is 0.189. The Hall–Kier alpha value is -1.39. The van der Waals surface area contributed by atoms with Gasteiger partial charge in [0.15, 0.2) is 0 Å². The van der Waals surface area contributed by atoms with Crippen LogP contribution in [-0.2, 0) is 6.54 Å². The molecule has 2 rings (SSSR count). The molecule has 1 unspecified atom stereocenters. The SMILES string of the molecule is CC(N)(CO)Cn1ncc2ccccc21. The third-order valence-corrected chi connectivity index (χ3v) is 2.42. The summed E-state index contributed by atoms with van der Waals surface area (Å²) in [4.78, 5) is 0. The first kappa shape index (κ1) is 10.1. The smallest absolute Gasteiger partial charge is 0.0683 e. The van der Waals surface area contributed by atoms with Crippen molar-refractivity contribution in [3.8, 4) is 0 Å². The molecule has 0 saturated heterocycles. The molecular formula is C11H15N3O. The Morgan fingerprint density at radius 3 is 2.93 bits per heavy atom. The minimum Gasteiger partial charge on any atom is -0.394 e.